The van der Waals surface area contributed by atoms with Gasteiger partial charge in [0.05, 0.1) is 11.1 Å². The molecule has 0 amide bonds. The van der Waals surface area contributed by atoms with Crippen LogP contribution in [0.15, 0.2) is 23.4 Å². The van der Waals surface area contributed by atoms with Gasteiger partial charge in [0.25, 0.3) is 0 Å². The minimum atomic E-state index is -0.347. The highest BCUT2D eigenvalue weighted by molar-refractivity contribution is 6.31. The molecule has 0 saturated carbocycles. The normalized spacial score (nSPS) is 14.1. The van der Waals surface area contributed by atoms with Crippen LogP contribution in [0.4, 0.5) is 0 Å². The molecule has 1 N–H and O–H groups in total. The van der Waals surface area contributed by atoms with Gasteiger partial charge in [0.15, 0.2) is 0 Å². The van der Waals surface area contributed by atoms with E-state index in [4.69, 9.17) is 16.8 Å². The Labute approximate surface area is 89.2 Å². The van der Waals surface area contributed by atoms with E-state index in [0.717, 1.165) is 11.1 Å². The van der Waals surface area contributed by atoms with Gasteiger partial charge in [-0.25, -0.2) is 0 Å². The van der Waals surface area contributed by atoms with Crippen molar-refractivity contribution in [2.24, 2.45) is 5.16 Å². The number of aryl methyl sites for hydroxylation is 2. The zero-order valence-electron chi connectivity index (χ0n) is 8.58. The highest BCUT2D eigenvalue weighted by atomic mass is 35.5. The Kier molecular flexibility index (Phi) is 3.53. The number of hydrogen-bond acceptors (Lipinski definition) is 2. The molecule has 0 bridgehead atoms. The fourth-order valence-corrected chi connectivity index (χ4v) is 1.67. The fourth-order valence-electron chi connectivity index (χ4n) is 1.39. The van der Waals surface area contributed by atoms with Crippen molar-refractivity contribution in [2.75, 3.05) is 0 Å². The third kappa shape index (κ3) is 2.26. The molecule has 0 fully saturated rings. The van der Waals surface area contributed by atoms with E-state index in [-0.39, 0.29) is 5.38 Å². The second-order valence-corrected chi connectivity index (χ2v) is 3.90. The number of halogens is 1. The quantitative estimate of drug-likeness (QED) is 0.346. The van der Waals surface area contributed by atoms with Crippen LogP contribution in [0, 0.1) is 13.8 Å². The molecule has 1 aromatic rings. The Morgan fingerprint density at radius 2 is 2.07 bits per heavy atom. The van der Waals surface area contributed by atoms with Gasteiger partial charge in [-0.3, -0.25) is 0 Å². The maximum atomic E-state index is 8.62. The Bertz CT molecular complexity index is 360. The second-order valence-electron chi connectivity index (χ2n) is 3.46. The van der Waals surface area contributed by atoms with E-state index in [9.17, 15) is 0 Å². The largest absolute Gasteiger partial charge is 0.411 e. The molecule has 0 aliphatic heterocycles. The topological polar surface area (TPSA) is 32.6 Å². The van der Waals surface area contributed by atoms with Gasteiger partial charge in [-0.15, -0.1) is 11.6 Å². The third-order valence-corrected chi connectivity index (χ3v) is 2.77. The lowest BCUT2D eigenvalue weighted by molar-refractivity contribution is 0.317. The van der Waals surface area contributed by atoms with E-state index < -0.39 is 0 Å². The summed E-state index contributed by atoms with van der Waals surface area (Å²) in [7, 11) is 0. The Morgan fingerprint density at radius 1 is 1.43 bits per heavy atom. The van der Waals surface area contributed by atoms with Crippen LogP contribution in [0.25, 0.3) is 0 Å². The zero-order valence-corrected chi connectivity index (χ0v) is 9.34. The SMILES string of the molecule is C/C(=N\O)C(Cl)c1ccc(C)cc1C. The molecule has 0 aliphatic carbocycles. The fraction of sp³-hybridized carbons (Fsp3) is 0.364. The molecule has 0 spiro atoms. The van der Waals surface area contributed by atoms with Gasteiger partial charge >= 0.3 is 0 Å². The molecule has 0 heterocycles. The van der Waals surface area contributed by atoms with Crippen molar-refractivity contribution in [3.05, 3.63) is 34.9 Å². The molecular formula is C11H14ClNO. The van der Waals surface area contributed by atoms with Crippen molar-refractivity contribution in [1.29, 1.82) is 0 Å². The van der Waals surface area contributed by atoms with Crippen molar-refractivity contribution in [2.45, 2.75) is 26.1 Å². The maximum Gasteiger partial charge on any atom is 0.1000 e. The second kappa shape index (κ2) is 4.47. The van der Waals surface area contributed by atoms with E-state index >= 15 is 0 Å². The average Bonchev–Trinajstić information content (AvgIpc) is 2.15. The predicted molar refractivity (Wildman–Crippen MR) is 59.4 cm³/mol. The molecule has 1 unspecified atom stereocenters. The van der Waals surface area contributed by atoms with E-state index in [1.165, 1.54) is 5.56 Å². The number of benzene rings is 1. The number of alkyl halides is 1. The third-order valence-electron chi connectivity index (χ3n) is 2.22. The van der Waals surface area contributed by atoms with Crippen molar-refractivity contribution < 1.29 is 5.21 Å². The zero-order chi connectivity index (χ0) is 10.7. The van der Waals surface area contributed by atoms with E-state index in [0.29, 0.717) is 5.71 Å². The molecule has 2 nitrogen and oxygen atoms in total. The molecule has 0 aliphatic rings. The summed E-state index contributed by atoms with van der Waals surface area (Å²) in [4.78, 5) is 0. The lowest BCUT2D eigenvalue weighted by Gasteiger charge is -2.11. The van der Waals surface area contributed by atoms with E-state index in [1.54, 1.807) is 6.92 Å². The first kappa shape index (κ1) is 11.1. The van der Waals surface area contributed by atoms with Crippen LogP contribution in [-0.2, 0) is 0 Å². The van der Waals surface area contributed by atoms with E-state index in [1.807, 2.05) is 26.0 Å². The average molecular weight is 212 g/mol. The van der Waals surface area contributed by atoms with Crippen LogP contribution in [0.3, 0.4) is 0 Å². The molecule has 1 aromatic carbocycles. The molecule has 14 heavy (non-hydrogen) atoms. The summed E-state index contributed by atoms with van der Waals surface area (Å²) >= 11 is 6.12. The minimum absolute atomic E-state index is 0.347. The summed E-state index contributed by atoms with van der Waals surface area (Å²) in [5, 5.41) is 11.4. The highest BCUT2D eigenvalue weighted by Crippen LogP contribution is 2.25. The maximum absolute atomic E-state index is 8.62. The summed E-state index contributed by atoms with van der Waals surface area (Å²) in [6.45, 7) is 5.74. The van der Waals surface area contributed by atoms with Crippen LogP contribution in [0.5, 0.6) is 0 Å². The Hall–Kier alpha value is -1.02. The summed E-state index contributed by atoms with van der Waals surface area (Å²) in [5.41, 5.74) is 3.83. The monoisotopic (exact) mass is 211 g/mol. The lowest BCUT2D eigenvalue weighted by Crippen LogP contribution is -2.04. The summed E-state index contributed by atoms with van der Waals surface area (Å²) in [6, 6.07) is 6.04. The van der Waals surface area contributed by atoms with Gasteiger partial charge in [-0.2, -0.15) is 0 Å². The molecule has 1 atom stereocenters. The first-order chi connectivity index (χ1) is 6.56. The number of oxime groups is 1. The number of rotatable bonds is 2. The van der Waals surface area contributed by atoms with Crippen LogP contribution in [0.2, 0.25) is 0 Å². The first-order valence-electron chi connectivity index (χ1n) is 4.46. The smallest absolute Gasteiger partial charge is 0.1000 e. The van der Waals surface area contributed by atoms with Gasteiger partial charge in [0.2, 0.25) is 0 Å². The predicted octanol–water partition coefficient (Wildman–Crippen LogP) is 3.43. The molecule has 0 saturated heterocycles. The molecule has 1 rings (SSSR count). The Morgan fingerprint density at radius 3 is 2.57 bits per heavy atom. The van der Waals surface area contributed by atoms with Crippen LogP contribution < -0.4 is 0 Å². The summed E-state index contributed by atoms with van der Waals surface area (Å²) in [5.74, 6) is 0. The van der Waals surface area contributed by atoms with Crippen LogP contribution >= 0.6 is 11.6 Å². The molecular weight excluding hydrogens is 198 g/mol. The van der Waals surface area contributed by atoms with Crippen LogP contribution in [-0.4, -0.2) is 10.9 Å². The van der Waals surface area contributed by atoms with E-state index in [2.05, 4.69) is 11.2 Å². The van der Waals surface area contributed by atoms with Gasteiger partial charge in [-0.1, -0.05) is 28.9 Å². The summed E-state index contributed by atoms with van der Waals surface area (Å²) < 4.78 is 0. The van der Waals surface area contributed by atoms with Crippen molar-refractivity contribution >= 4 is 17.3 Å². The van der Waals surface area contributed by atoms with Crippen LogP contribution in [0.1, 0.15) is 29.0 Å². The first-order valence-corrected chi connectivity index (χ1v) is 4.89. The van der Waals surface area contributed by atoms with Crippen molar-refractivity contribution in [3.8, 4) is 0 Å². The standard InChI is InChI=1S/C11H14ClNO/c1-7-4-5-10(8(2)6-7)11(12)9(3)13-14/h4-6,11,14H,1-3H3/b13-9+. The summed E-state index contributed by atoms with van der Waals surface area (Å²) in [6.07, 6.45) is 0. The van der Waals surface area contributed by atoms with Crippen molar-refractivity contribution in [1.82, 2.24) is 0 Å². The number of hydrogen-bond donors (Lipinski definition) is 1. The highest BCUT2D eigenvalue weighted by Gasteiger charge is 2.13. The van der Waals surface area contributed by atoms with Gasteiger partial charge in [0.1, 0.15) is 0 Å². The minimum Gasteiger partial charge on any atom is -0.411 e. The molecule has 3 heteroatoms. The van der Waals surface area contributed by atoms with Crippen molar-refractivity contribution in [3.63, 3.8) is 0 Å². The molecule has 0 radical (unpaired) electrons. The Balaban J connectivity index is 3.07. The molecule has 0 aromatic heterocycles. The van der Waals surface area contributed by atoms with Gasteiger partial charge < -0.3 is 5.21 Å². The number of nitrogens with zero attached hydrogens (tertiary/aromatic N) is 1. The molecule has 76 valence electrons. The lowest BCUT2D eigenvalue weighted by atomic mass is 10.0. The van der Waals surface area contributed by atoms with Gasteiger partial charge in [-0.05, 0) is 31.9 Å². The van der Waals surface area contributed by atoms with Gasteiger partial charge in [0, 0.05) is 0 Å².